The molecule has 1 amide bonds. The van der Waals surface area contributed by atoms with Crippen molar-refractivity contribution in [1.82, 2.24) is 14.9 Å². The van der Waals surface area contributed by atoms with Crippen LogP contribution < -0.4 is 10.9 Å². The average Bonchev–Trinajstić information content (AvgIpc) is 2.80. The van der Waals surface area contributed by atoms with Crippen LogP contribution in [-0.4, -0.2) is 34.1 Å². The summed E-state index contributed by atoms with van der Waals surface area (Å²) < 4.78 is 11.4. The van der Waals surface area contributed by atoms with Crippen molar-refractivity contribution in [1.29, 1.82) is 0 Å². The van der Waals surface area contributed by atoms with Crippen LogP contribution in [0.15, 0.2) is 15.5 Å². The van der Waals surface area contributed by atoms with Gasteiger partial charge < -0.3 is 19.0 Å². The number of rotatable bonds is 4. The number of aryl methyl sites for hydroxylation is 2. The lowest BCUT2D eigenvalue weighted by Gasteiger charge is -2.12. The smallest absolute Gasteiger partial charge is 0.328 e. The van der Waals surface area contributed by atoms with E-state index in [1.807, 2.05) is 0 Å². The lowest BCUT2D eigenvalue weighted by molar-refractivity contribution is -0.144. The summed E-state index contributed by atoms with van der Waals surface area (Å²) in [4.78, 5) is 40.1. The number of esters is 1. The van der Waals surface area contributed by atoms with Crippen molar-refractivity contribution in [3.63, 3.8) is 0 Å². The molecule has 0 spiro atoms. The number of hydrogen-bond donors (Lipinski definition) is 1. The number of carbonyl (C=O) groups excluding carboxylic acids is 2. The maximum absolute atomic E-state index is 12.4. The summed E-state index contributed by atoms with van der Waals surface area (Å²) in [6.45, 7) is 4.96. The van der Waals surface area contributed by atoms with Crippen molar-refractivity contribution in [3.8, 4) is 0 Å². The molecule has 1 atom stereocenters. The van der Waals surface area contributed by atoms with Crippen LogP contribution in [-0.2, 0) is 16.6 Å². The predicted molar refractivity (Wildman–Crippen MR) is 77.5 cm³/mol. The summed E-state index contributed by atoms with van der Waals surface area (Å²) in [6, 6.07) is -0.836. The molecule has 0 aliphatic carbocycles. The Labute approximate surface area is 126 Å². The summed E-state index contributed by atoms with van der Waals surface area (Å²) in [5.41, 5.74) is -0.217. The number of hydrogen-bond acceptors (Lipinski definition) is 6. The van der Waals surface area contributed by atoms with Gasteiger partial charge in [0.2, 0.25) is 5.71 Å². The number of furan rings is 1. The zero-order chi connectivity index (χ0) is 16.4. The molecule has 8 nitrogen and oxygen atoms in total. The van der Waals surface area contributed by atoms with Gasteiger partial charge >= 0.3 is 5.97 Å². The van der Waals surface area contributed by atoms with E-state index in [-0.39, 0.29) is 29.0 Å². The fraction of sp³-hybridized carbons (Fsp3) is 0.429. The Morgan fingerprint density at radius 2 is 2.18 bits per heavy atom. The van der Waals surface area contributed by atoms with E-state index in [0.717, 1.165) is 0 Å². The molecule has 0 radical (unpaired) electrons. The number of aromatic nitrogens is 2. The third-order valence-electron chi connectivity index (χ3n) is 3.16. The zero-order valence-electron chi connectivity index (χ0n) is 12.8. The second kappa shape index (κ2) is 6.00. The Hall–Kier alpha value is -2.64. The number of amides is 1. The molecular weight excluding hydrogens is 290 g/mol. The predicted octanol–water partition coefficient (Wildman–Crippen LogP) is 0.516. The molecule has 2 heterocycles. The first kappa shape index (κ1) is 15.7. The Balaban J connectivity index is 2.40. The van der Waals surface area contributed by atoms with E-state index >= 15 is 0 Å². The number of fused-ring (bicyclic) bond motifs is 1. The molecule has 22 heavy (non-hydrogen) atoms. The minimum absolute atomic E-state index is 0.0832. The first-order valence-electron chi connectivity index (χ1n) is 6.79. The van der Waals surface area contributed by atoms with Gasteiger partial charge in [-0.25, -0.2) is 9.78 Å². The average molecular weight is 307 g/mol. The highest BCUT2D eigenvalue weighted by atomic mass is 16.5. The van der Waals surface area contributed by atoms with Gasteiger partial charge in [0.1, 0.15) is 23.5 Å². The lowest BCUT2D eigenvalue weighted by Crippen LogP contribution is -2.40. The molecule has 2 rings (SSSR count). The van der Waals surface area contributed by atoms with Crippen molar-refractivity contribution >= 4 is 23.0 Å². The van der Waals surface area contributed by atoms with E-state index in [1.54, 1.807) is 13.8 Å². The molecule has 0 saturated heterocycles. The zero-order valence-corrected chi connectivity index (χ0v) is 12.8. The van der Waals surface area contributed by atoms with E-state index in [0.29, 0.717) is 0 Å². The van der Waals surface area contributed by atoms with E-state index in [4.69, 9.17) is 9.15 Å². The lowest BCUT2D eigenvalue weighted by atomic mass is 10.1. The van der Waals surface area contributed by atoms with Crippen molar-refractivity contribution in [2.45, 2.75) is 26.8 Å². The monoisotopic (exact) mass is 307 g/mol. The molecule has 0 aliphatic rings. The highest BCUT2D eigenvalue weighted by Gasteiger charge is 2.25. The molecule has 1 N–H and O–H groups in total. The van der Waals surface area contributed by atoms with Crippen molar-refractivity contribution in [2.24, 2.45) is 7.05 Å². The van der Waals surface area contributed by atoms with Crippen LogP contribution in [0, 0.1) is 6.92 Å². The SMILES string of the molecule is CCOC(=O)[C@@H](C)NC(=O)c1c(C)oc2ncn(C)c(=O)c12. The van der Waals surface area contributed by atoms with Crippen LogP contribution in [0.2, 0.25) is 0 Å². The molecule has 0 aliphatic heterocycles. The Kier molecular flexibility index (Phi) is 4.30. The Bertz CT molecular complexity index is 790. The van der Waals surface area contributed by atoms with Gasteiger partial charge in [-0.3, -0.25) is 9.59 Å². The standard InChI is InChI=1S/C14H17N3O5/c1-5-21-14(20)7(2)16-11(18)9-8(3)22-12-10(9)13(19)17(4)6-15-12/h6-7H,5H2,1-4H3,(H,16,18)/t7-/m1/s1. The normalized spacial score (nSPS) is 12.2. The highest BCUT2D eigenvalue weighted by Crippen LogP contribution is 2.20. The Morgan fingerprint density at radius 1 is 1.50 bits per heavy atom. The largest absolute Gasteiger partial charge is 0.464 e. The maximum Gasteiger partial charge on any atom is 0.328 e. The van der Waals surface area contributed by atoms with Crippen LogP contribution in [0.4, 0.5) is 0 Å². The van der Waals surface area contributed by atoms with Gasteiger partial charge in [0.15, 0.2) is 0 Å². The van der Waals surface area contributed by atoms with Crippen LogP contribution in [0.25, 0.3) is 11.1 Å². The fourth-order valence-corrected chi connectivity index (χ4v) is 2.06. The Morgan fingerprint density at radius 3 is 2.82 bits per heavy atom. The third-order valence-corrected chi connectivity index (χ3v) is 3.16. The second-order valence-corrected chi connectivity index (χ2v) is 4.82. The second-order valence-electron chi connectivity index (χ2n) is 4.82. The van der Waals surface area contributed by atoms with Crippen LogP contribution >= 0.6 is 0 Å². The molecule has 0 bridgehead atoms. The van der Waals surface area contributed by atoms with Crippen LogP contribution in [0.5, 0.6) is 0 Å². The van der Waals surface area contributed by atoms with Crippen molar-refractivity contribution in [2.75, 3.05) is 6.61 Å². The molecule has 8 heteroatoms. The van der Waals surface area contributed by atoms with Gasteiger partial charge in [-0.15, -0.1) is 0 Å². The molecule has 0 aromatic carbocycles. The maximum atomic E-state index is 12.4. The van der Waals surface area contributed by atoms with Gasteiger partial charge in [-0.05, 0) is 20.8 Å². The molecule has 0 fully saturated rings. The number of carbonyl (C=O) groups is 2. The molecular formula is C14H17N3O5. The third kappa shape index (κ3) is 2.72. The summed E-state index contributed by atoms with van der Waals surface area (Å²) in [5, 5.41) is 2.59. The quantitative estimate of drug-likeness (QED) is 0.826. The van der Waals surface area contributed by atoms with Gasteiger partial charge in [-0.2, -0.15) is 0 Å². The minimum atomic E-state index is -0.836. The van der Waals surface area contributed by atoms with Gasteiger partial charge in [0.05, 0.1) is 12.2 Å². The summed E-state index contributed by atoms with van der Waals surface area (Å²) in [5.74, 6) is -0.867. The van der Waals surface area contributed by atoms with E-state index < -0.39 is 23.5 Å². The molecule has 2 aromatic heterocycles. The van der Waals surface area contributed by atoms with E-state index in [1.165, 1.54) is 24.9 Å². The summed E-state index contributed by atoms with van der Waals surface area (Å²) >= 11 is 0. The minimum Gasteiger partial charge on any atom is -0.464 e. The van der Waals surface area contributed by atoms with E-state index in [9.17, 15) is 14.4 Å². The van der Waals surface area contributed by atoms with Crippen molar-refractivity contribution < 1.29 is 18.7 Å². The first-order chi connectivity index (χ1) is 10.4. The molecule has 0 saturated carbocycles. The van der Waals surface area contributed by atoms with Gasteiger partial charge in [-0.1, -0.05) is 0 Å². The topological polar surface area (TPSA) is 103 Å². The first-order valence-corrected chi connectivity index (χ1v) is 6.79. The summed E-state index contributed by atoms with van der Waals surface area (Å²) in [6.07, 6.45) is 1.32. The van der Waals surface area contributed by atoms with Crippen LogP contribution in [0.1, 0.15) is 30.0 Å². The number of ether oxygens (including phenoxy) is 1. The number of nitrogens with one attached hydrogen (secondary N) is 1. The number of nitrogens with zero attached hydrogens (tertiary/aromatic N) is 2. The van der Waals surface area contributed by atoms with Gasteiger partial charge in [0.25, 0.3) is 11.5 Å². The van der Waals surface area contributed by atoms with Crippen LogP contribution in [0.3, 0.4) is 0 Å². The molecule has 2 aromatic rings. The molecule has 118 valence electrons. The fourth-order valence-electron chi connectivity index (χ4n) is 2.06. The van der Waals surface area contributed by atoms with Crippen molar-refractivity contribution in [3.05, 3.63) is 28.0 Å². The molecule has 0 unspecified atom stereocenters. The van der Waals surface area contributed by atoms with Gasteiger partial charge in [0, 0.05) is 7.05 Å². The highest BCUT2D eigenvalue weighted by molar-refractivity contribution is 6.07. The summed E-state index contributed by atoms with van der Waals surface area (Å²) in [7, 11) is 1.53. The van der Waals surface area contributed by atoms with E-state index in [2.05, 4.69) is 10.3 Å².